The van der Waals surface area contributed by atoms with E-state index >= 15 is 0 Å². The second kappa shape index (κ2) is 4.36. The molecule has 1 aromatic heterocycles. The molecule has 0 aliphatic carbocycles. The zero-order valence-electron chi connectivity index (χ0n) is 8.63. The molecule has 0 aliphatic rings. The molecule has 0 bridgehead atoms. The molecular formula is C11H10Cl2N2O. The van der Waals surface area contributed by atoms with Gasteiger partial charge in [0, 0.05) is 16.9 Å². The highest BCUT2D eigenvalue weighted by molar-refractivity contribution is 6.34. The molecule has 3 nitrogen and oxygen atoms in total. The molecule has 2 rings (SSSR count). The minimum Gasteiger partial charge on any atom is -0.312 e. The highest BCUT2D eigenvalue weighted by Crippen LogP contribution is 2.24. The number of aryl methyl sites for hydroxylation is 1. The van der Waals surface area contributed by atoms with Crippen LogP contribution in [0.1, 0.15) is 12.6 Å². The molecular weight excluding hydrogens is 247 g/mol. The Morgan fingerprint density at radius 3 is 2.81 bits per heavy atom. The van der Waals surface area contributed by atoms with E-state index < -0.39 is 0 Å². The highest BCUT2D eigenvalue weighted by Gasteiger charge is 2.10. The van der Waals surface area contributed by atoms with Crippen LogP contribution in [0.4, 0.5) is 0 Å². The minimum atomic E-state index is -0.207. The second-order valence-corrected chi connectivity index (χ2v) is 4.21. The lowest BCUT2D eigenvalue weighted by Gasteiger charge is -2.08. The summed E-state index contributed by atoms with van der Waals surface area (Å²) in [4.78, 5) is 14.3. The van der Waals surface area contributed by atoms with Gasteiger partial charge in [-0.1, -0.05) is 30.1 Å². The van der Waals surface area contributed by atoms with E-state index in [9.17, 15) is 4.79 Å². The van der Waals surface area contributed by atoms with E-state index in [4.69, 9.17) is 23.2 Å². The van der Waals surface area contributed by atoms with Crippen LogP contribution >= 0.6 is 23.2 Å². The van der Waals surface area contributed by atoms with Gasteiger partial charge in [0.1, 0.15) is 0 Å². The van der Waals surface area contributed by atoms with Crippen molar-refractivity contribution in [3.05, 3.63) is 50.6 Å². The zero-order valence-corrected chi connectivity index (χ0v) is 10.1. The van der Waals surface area contributed by atoms with E-state index in [-0.39, 0.29) is 5.69 Å². The van der Waals surface area contributed by atoms with Crippen LogP contribution in [0.25, 0.3) is 5.69 Å². The SMILES string of the molecule is CCc1c[nH]c(=O)n1-c1cc(Cl)ccc1Cl. The normalized spacial score (nSPS) is 10.7. The van der Waals surface area contributed by atoms with Crippen molar-refractivity contribution < 1.29 is 0 Å². The lowest BCUT2D eigenvalue weighted by atomic mass is 10.3. The maximum Gasteiger partial charge on any atom is 0.330 e. The van der Waals surface area contributed by atoms with Gasteiger partial charge in [-0.3, -0.25) is 4.57 Å². The van der Waals surface area contributed by atoms with Crippen LogP contribution in [-0.2, 0) is 6.42 Å². The molecule has 1 heterocycles. The molecule has 84 valence electrons. The van der Waals surface area contributed by atoms with Crippen molar-refractivity contribution in [2.45, 2.75) is 13.3 Å². The van der Waals surface area contributed by atoms with Gasteiger partial charge in [0.15, 0.2) is 0 Å². The summed E-state index contributed by atoms with van der Waals surface area (Å²) in [6.07, 6.45) is 2.42. The molecule has 0 fully saturated rings. The van der Waals surface area contributed by atoms with Crippen molar-refractivity contribution in [2.24, 2.45) is 0 Å². The van der Waals surface area contributed by atoms with Crippen LogP contribution < -0.4 is 5.69 Å². The second-order valence-electron chi connectivity index (χ2n) is 3.37. The van der Waals surface area contributed by atoms with Crippen molar-refractivity contribution >= 4 is 23.2 Å². The van der Waals surface area contributed by atoms with Gasteiger partial charge in [-0.2, -0.15) is 0 Å². The van der Waals surface area contributed by atoms with Gasteiger partial charge in [-0.25, -0.2) is 4.79 Å². The number of aromatic nitrogens is 2. The number of halogens is 2. The predicted octanol–water partition coefficient (Wildman–Crippen LogP) is 3.03. The lowest BCUT2D eigenvalue weighted by molar-refractivity contribution is 0.899. The van der Waals surface area contributed by atoms with Gasteiger partial charge in [-0.15, -0.1) is 0 Å². The van der Waals surface area contributed by atoms with Crippen molar-refractivity contribution in [1.82, 2.24) is 9.55 Å². The summed E-state index contributed by atoms with van der Waals surface area (Å²) in [5.74, 6) is 0. The monoisotopic (exact) mass is 256 g/mol. The van der Waals surface area contributed by atoms with E-state index in [0.29, 0.717) is 15.7 Å². The first-order valence-corrected chi connectivity index (χ1v) is 5.63. The maximum absolute atomic E-state index is 11.7. The van der Waals surface area contributed by atoms with Gasteiger partial charge in [-0.05, 0) is 24.6 Å². The number of H-pyrrole nitrogens is 1. The van der Waals surface area contributed by atoms with Crippen LogP contribution in [0.15, 0.2) is 29.2 Å². The first-order valence-electron chi connectivity index (χ1n) is 4.88. The zero-order chi connectivity index (χ0) is 11.7. The average molecular weight is 257 g/mol. The Morgan fingerprint density at radius 1 is 1.38 bits per heavy atom. The number of nitrogens with zero attached hydrogens (tertiary/aromatic N) is 1. The smallest absolute Gasteiger partial charge is 0.312 e. The van der Waals surface area contributed by atoms with E-state index in [1.54, 1.807) is 24.4 Å². The third-order valence-corrected chi connectivity index (χ3v) is 2.92. The van der Waals surface area contributed by atoms with Crippen LogP contribution in [0.2, 0.25) is 10.0 Å². The molecule has 0 saturated carbocycles. The molecule has 0 amide bonds. The Labute approximate surface area is 103 Å². The molecule has 0 spiro atoms. The van der Waals surface area contributed by atoms with Crippen molar-refractivity contribution in [1.29, 1.82) is 0 Å². The quantitative estimate of drug-likeness (QED) is 0.882. The molecule has 0 aliphatic heterocycles. The summed E-state index contributed by atoms with van der Waals surface area (Å²) in [7, 11) is 0. The average Bonchev–Trinajstić information content (AvgIpc) is 2.63. The number of hydrogen-bond acceptors (Lipinski definition) is 1. The Kier molecular flexibility index (Phi) is 3.08. The molecule has 2 aromatic rings. The summed E-state index contributed by atoms with van der Waals surface area (Å²) in [5.41, 5.74) is 1.27. The summed E-state index contributed by atoms with van der Waals surface area (Å²) >= 11 is 12.0. The fraction of sp³-hybridized carbons (Fsp3) is 0.182. The van der Waals surface area contributed by atoms with Gasteiger partial charge in [0.2, 0.25) is 0 Å². The Balaban J connectivity index is 2.71. The predicted molar refractivity (Wildman–Crippen MR) is 65.8 cm³/mol. The Hall–Kier alpha value is -1.19. The molecule has 0 saturated heterocycles. The van der Waals surface area contributed by atoms with Crippen LogP contribution in [0, 0.1) is 0 Å². The van der Waals surface area contributed by atoms with E-state index in [2.05, 4.69) is 4.98 Å². The molecule has 1 aromatic carbocycles. The summed E-state index contributed by atoms with van der Waals surface area (Å²) in [5, 5.41) is 1.05. The minimum absolute atomic E-state index is 0.207. The highest BCUT2D eigenvalue weighted by atomic mass is 35.5. The summed E-state index contributed by atoms with van der Waals surface area (Å²) < 4.78 is 1.54. The first kappa shape index (κ1) is 11.3. The molecule has 1 N–H and O–H groups in total. The lowest BCUT2D eigenvalue weighted by Crippen LogP contribution is -2.17. The number of hydrogen-bond donors (Lipinski definition) is 1. The molecule has 5 heteroatoms. The molecule has 16 heavy (non-hydrogen) atoms. The summed E-state index contributed by atoms with van der Waals surface area (Å²) in [6, 6.07) is 5.05. The molecule has 0 radical (unpaired) electrons. The maximum atomic E-state index is 11.7. The van der Waals surface area contributed by atoms with Gasteiger partial charge in [0.05, 0.1) is 10.7 Å². The summed E-state index contributed by atoms with van der Waals surface area (Å²) in [6.45, 7) is 1.97. The Bertz CT molecular complexity index is 572. The fourth-order valence-electron chi connectivity index (χ4n) is 1.59. The van der Waals surface area contributed by atoms with Crippen LogP contribution in [-0.4, -0.2) is 9.55 Å². The van der Waals surface area contributed by atoms with Crippen LogP contribution in [0.3, 0.4) is 0 Å². The van der Waals surface area contributed by atoms with Crippen LogP contribution in [0.5, 0.6) is 0 Å². The third-order valence-electron chi connectivity index (χ3n) is 2.36. The van der Waals surface area contributed by atoms with Gasteiger partial charge < -0.3 is 4.98 Å². The first-order chi connectivity index (χ1) is 7.63. The number of nitrogens with one attached hydrogen (secondary N) is 1. The van der Waals surface area contributed by atoms with E-state index in [0.717, 1.165) is 12.1 Å². The van der Waals surface area contributed by atoms with E-state index in [1.807, 2.05) is 6.92 Å². The number of aromatic amines is 1. The fourth-order valence-corrected chi connectivity index (χ4v) is 1.95. The van der Waals surface area contributed by atoms with Crippen molar-refractivity contribution in [2.75, 3.05) is 0 Å². The Morgan fingerprint density at radius 2 is 2.12 bits per heavy atom. The largest absolute Gasteiger partial charge is 0.330 e. The standard InChI is InChI=1S/C11H10Cl2N2O/c1-2-8-6-14-11(16)15(8)10-5-7(12)3-4-9(10)13/h3-6H,2H2,1H3,(H,14,16). The van der Waals surface area contributed by atoms with Crippen molar-refractivity contribution in [3.63, 3.8) is 0 Å². The van der Waals surface area contributed by atoms with Gasteiger partial charge >= 0.3 is 5.69 Å². The molecule has 0 atom stereocenters. The van der Waals surface area contributed by atoms with E-state index in [1.165, 1.54) is 4.57 Å². The topological polar surface area (TPSA) is 37.8 Å². The van der Waals surface area contributed by atoms with Gasteiger partial charge in [0.25, 0.3) is 0 Å². The molecule has 0 unspecified atom stereocenters. The number of benzene rings is 1. The number of rotatable bonds is 2. The van der Waals surface area contributed by atoms with Crippen molar-refractivity contribution in [3.8, 4) is 5.69 Å². The third kappa shape index (κ3) is 1.88. The number of imidazole rings is 1.